The molecule has 2 aromatic carbocycles. The van der Waals surface area contributed by atoms with Gasteiger partial charge in [0.05, 0.1) is 13.2 Å². The number of benzene rings is 2. The van der Waals surface area contributed by atoms with Crippen molar-refractivity contribution >= 4 is 28.1 Å². The minimum absolute atomic E-state index is 0.0487. The number of anilines is 2. The van der Waals surface area contributed by atoms with Crippen LogP contribution in [-0.4, -0.2) is 46.4 Å². The predicted molar refractivity (Wildman–Crippen MR) is 161 cm³/mol. The fourth-order valence-corrected chi connectivity index (χ4v) is 5.92. The van der Waals surface area contributed by atoms with Gasteiger partial charge in [0.2, 0.25) is 16.2 Å². The number of ether oxygens (including phenoxy) is 1. The number of hydrogen-bond donors (Lipinski definition) is 2. The van der Waals surface area contributed by atoms with Crippen LogP contribution in [0.1, 0.15) is 44.4 Å². The summed E-state index contributed by atoms with van der Waals surface area (Å²) in [6.45, 7) is 7.02. The minimum atomic E-state index is 0.0487. The quantitative estimate of drug-likeness (QED) is 0.232. The standard InChI is InChI=1S/C31H38N6O2S/c1-3-39-28-15-13-26(14-16-28)32-22-27-10-7-19-37(27)31-35-34-30(40-31)36-20-17-25(18-21-36)29(38)33-23(2)11-12-24-8-5-4-6-9-24/h4-10,13-16,19,23,25,32H,3,11-12,17-18,20-22H2,1-2H3,(H,33,38). The Morgan fingerprint density at radius 3 is 2.52 bits per heavy atom. The number of rotatable bonds is 12. The molecule has 1 unspecified atom stereocenters. The van der Waals surface area contributed by atoms with E-state index in [4.69, 9.17) is 4.74 Å². The zero-order chi connectivity index (χ0) is 27.7. The number of hydrogen-bond acceptors (Lipinski definition) is 7. The van der Waals surface area contributed by atoms with E-state index >= 15 is 0 Å². The van der Waals surface area contributed by atoms with Crippen LogP contribution in [0.2, 0.25) is 0 Å². The van der Waals surface area contributed by atoms with Crippen LogP contribution in [0, 0.1) is 5.92 Å². The lowest BCUT2D eigenvalue weighted by Crippen LogP contribution is -2.43. The normalized spacial score (nSPS) is 14.6. The van der Waals surface area contributed by atoms with Crippen LogP contribution in [0.25, 0.3) is 5.13 Å². The van der Waals surface area contributed by atoms with Crippen LogP contribution >= 0.6 is 11.3 Å². The van der Waals surface area contributed by atoms with Crippen LogP contribution in [0.15, 0.2) is 72.9 Å². The molecule has 0 saturated carbocycles. The van der Waals surface area contributed by atoms with E-state index in [-0.39, 0.29) is 17.9 Å². The highest BCUT2D eigenvalue weighted by Gasteiger charge is 2.27. The Balaban J connectivity index is 1.10. The number of nitrogens with one attached hydrogen (secondary N) is 2. The van der Waals surface area contributed by atoms with Crippen molar-refractivity contribution in [3.8, 4) is 10.9 Å². The predicted octanol–water partition coefficient (Wildman–Crippen LogP) is 5.69. The Labute approximate surface area is 240 Å². The molecule has 0 bridgehead atoms. The van der Waals surface area contributed by atoms with Crippen molar-refractivity contribution in [2.24, 2.45) is 5.92 Å². The van der Waals surface area contributed by atoms with E-state index in [0.717, 1.165) is 66.2 Å². The maximum atomic E-state index is 12.9. The first-order chi connectivity index (χ1) is 19.6. The molecule has 4 aromatic rings. The summed E-state index contributed by atoms with van der Waals surface area (Å²) in [6, 6.07) is 22.7. The van der Waals surface area contributed by atoms with Gasteiger partial charge >= 0.3 is 0 Å². The summed E-state index contributed by atoms with van der Waals surface area (Å²) in [5.41, 5.74) is 3.45. The summed E-state index contributed by atoms with van der Waals surface area (Å²) in [7, 11) is 0. The molecule has 0 radical (unpaired) electrons. The van der Waals surface area contributed by atoms with E-state index in [1.54, 1.807) is 11.3 Å². The van der Waals surface area contributed by atoms with Crippen molar-refractivity contribution < 1.29 is 9.53 Å². The van der Waals surface area contributed by atoms with E-state index in [2.05, 4.69) is 67.6 Å². The van der Waals surface area contributed by atoms with Crippen molar-refractivity contribution in [1.82, 2.24) is 20.1 Å². The maximum absolute atomic E-state index is 12.9. The van der Waals surface area contributed by atoms with Gasteiger partial charge in [0, 0.05) is 42.6 Å². The van der Waals surface area contributed by atoms with E-state index < -0.39 is 0 Å². The topological polar surface area (TPSA) is 84.3 Å². The fraction of sp³-hybridized carbons (Fsp3) is 0.387. The van der Waals surface area contributed by atoms with Gasteiger partial charge in [-0.15, -0.1) is 10.2 Å². The third-order valence-electron chi connectivity index (χ3n) is 7.32. The van der Waals surface area contributed by atoms with Gasteiger partial charge in [-0.2, -0.15) is 0 Å². The molecule has 0 spiro atoms. The number of carbonyl (C=O) groups is 1. The molecule has 9 heteroatoms. The summed E-state index contributed by atoms with van der Waals surface area (Å²) in [5, 5.41) is 17.4. The molecule has 0 aliphatic carbocycles. The second-order valence-electron chi connectivity index (χ2n) is 10.2. The van der Waals surface area contributed by atoms with E-state index in [1.165, 1.54) is 5.56 Å². The van der Waals surface area contributed by atoms with Gasteiger partial charge in [-0.1, -0.05) is 41.7 Å². The average Bonchev–Trinajstić information content (AvgIpc) is 3.66. The molecular formula is C31H38N6O2S. The third kappa shape index (κ3) is 7.21. The number of aryl methyl sites for hydroxylation is 1. The fourth-order valence-electron chi connectivity index (χ4n) is 5.00. The van der Waals surface area contributed by atoms with Crippen molar-refractivity contribution in [2.45, 2.75) is 52.1 Å². The largest absolute Gasteiger partial charge is 0.494 e. The molecule has 1 atom stereocenters. The zero-order valence-electron chi connectivity index (χ0n) is 23.3. The van der Waals surface area contributed by atoms with Gasteiger partial charge in [0.1, 0.15) is 5.75 Å². The lowest BCUT2D eigenvalue weighted by Gasteiger charge is -2.31. The highest BCUT2D eigenvalue weighted by Crippen LogP contribution is 2.29. The molecule has 40 heavy (non-hydrogen) atoms. The first kappa shape index (κ1) is 27.7. The summed E-state index contributed by atoms with van der Waals surface area (Å²) < 4.78 is 7.61. The van der Waals surface area contributed by atoms with Crippen molar-refractivity contribution in [2.75, 3.05) is 29.9 Å². The SMILES string of the molecule is CCOc1ccc(NCc2cccn2-c2nnc(N3CCC(C(=O)NC(C)CCc4ccccc4)CC3)s2)cc1. The third-order valence-corrected chi connectivity index (χ3v) is 8.30. The van der Waals surface area contributed by atoms with Crippen LogP contribution < -0.4 is 20.3 Å². The number of piperidine rings is 1. The second kappa shape index (κ2) is 13.5. The molecule has 5 rings (SSSR count). The van der Waals surface area contributed by atoms with Crippen LogP contribution in [0.4, 0.5) is 10.8 Å². The molecule has 2 N–H and O–H groups in total. The number of carbonyl (C=O) groups excluding carboxylic acids is 1. The zero-order valence-corrected chi connectivity index (χ0v) is 24.1. The number of aromatic nitrogens is 3. The summed E-state index contributed by atoms with van der Waals surface area (Å²) in [4.78, 5) is 15.2. The van der Waals surface area contributed by atoms with E-state index in [1.807, 2.05) is 49.5 Å². The Morgan fingerprint density at radius 2 is 1.77 bits per heavy atom. The summed E-state index contributed by atoms with van der Waals surface area (Å²) >= 11 is 1.59. The van der Waals surface area contributed by atoms with Gasteiger partial charge in [-0.05, 0) is 81.5 Å². The first-order valence-corrected chi connectivity index (χ1v) is 15.0. The van der Waals surface area contributed by atoms with Crippen molar-refractivity contribution in [3.05, 3.63) is 84.2 Å². The van der Waals surface area contributed by atoms with Gasteiger partial charge < -0.3 is 20.3 Å². The molecule has 1 fully saturated rings. The first-order valence-electron chi connectivity index (χ1n) is 14.1. The van der Waals surface area contributed by atoms with Crippen molar-refractivity contribution in [1.29, 1.82) is 0 Å². The Kier molecular flexibility index (Phi) is 9.34. The molecule has 1 aliphatic rings. The van der Waals surface area contributed by atoms with E-state index in [9.17, 15) is 4.79 Å². The maximum Gasteiger partial charge on any atom is 0.223 e. The van der Waals surface area contributed by atoms with Gasteiger partial charge in [0.25, 0.3) is 0 Å². The van der Waals surface area contributed by atoms with Gasteiger partial charge in [-0.25, -0.2) is 0 Å². The number of amides is 1. The Bertz CT molecular complexity index is 1350. The molecule has 1 aliphatic heterocycles. The summed E-state index contributed by atoms with van der Waals surface area (Å²) in [6.07, 6.45) is 5.59. The highest BCUT2D eigenvalue weighted by atomic mass is 32.1. The Hall–Kier alpha value is -3.85. The highest BCUT2D eigenvalue weighted by molar-refractivity contribution is 7.17. The molecule has 210 valence electrons. The van der Waals surface area contributed by atoms with Gasteiger partial charge in [0.15, 0.2) is 0 Å². The average molecular weight is 559 g/mol. The molecule has 1 amide bonds. The summed E-state index contributed by atoms with van der Waals surface area (Å²) in [5.74, 6) is 1.10. The van der Waals surface area contributed by atoms with Gasteiger partial charge in [-0.3, -0.25) is 9.36 Å². The number of nitrogens with zero attached hydrogens (tertiary/aromatic N) is 4. The lowest BCUT2D eigenvalue weighted by atomic mass is 9.95. The molecule has 8 nitrogen and oxygen atoms in total. The molecule has 1 saturated heterocycles. The molecule has 3 heterocycles. The molecule has 2 aromatic heterocycles. The smallest absolute Gasteiger partial charge is 0.223 e. The van der Waals surface area contributed by atoms with Crippen LogP contribution in [-0.2, 0) is 17.8 Å². The Morgan fingerprint density at radius 1 is 1.02 bits per heavy atom. The van der Waals surface area contributed by atoms with Crippen molar-refractivity contribution in [3.63, 3.8) is 0 Å². The van der Waals surface area contributed by atoms with Crippen LogP contribution in [0.3, 0.4) is 0 Å². The van der Waals surface area contributed by atoms with Crippen LogP contribution in [0.5, 0.6) is 5.75 Å². The minimum Gasteiger partial charge on any atom is -0.494 e. The van der Waals surface area contributed by atoms with E-state index in [0.29, 0.717) is 13.2 Å². The lowest BCUT2D eigenvalue weighted by molar-refractivity contribution is -0.126. The second-order valence-corrected chi connectivity index (χ2v) is 11.2. The monoisotopic (exact) mass is 558 g/mol. The molecular weight excluding hydrogens is 520 g/mol.